The Morgan fingerprint density at radius 2 is 2.24 bits per heavy atom. The lowest BCUT2D eigenvalue weighted by molar-refractivity contribution is 0.0642. The van der Waals surface area contributed by atoms with Crippen molar-refractivity contribution in [3.63, 3.8) is 0 Å². The Labute approximate surface area is 108 Å². The number of hydrogen-bond acceptors (Lipinski definition) is 3. The summed E-state index contributed by atoms with van der Waals surface area (Å²) in [4.78, 5) is 12.1. The minimum atomic E-state index is -0.439. The first-order valence-corrected chi connectivity index (χ1v) is 6.34. The lowest BCUT2D eigenvalue weighted by atomic mass is 9.77. The first kappa shape index (κ1) is 12.4. The number of nitrogen functional groups attached to an aromatic ring is 1. The van der Waals surface area contributed by atoms with Crippen LogP contribution in [0, 0.1) is 0 Å². The minimum absolute atomic E-state index is 0.0212. The number of halogens is 1. The van der Waals surface area contributed by atoms with Gasteiger partial charge in [-0.1, -0.05) is 15.9 Å². The van der Waals surface area contributed by atoms with Gasteiger partial charge in [-0.25, -0.2) is 0 Å². The Bertz CT molecular complexity index is 439. The van der Waals surface area contributed by atoms with Crippen LogP contribution in [0.25, 0.3) is 0 Å². The molecule has 0 heterocycles. The number of nitrogens with one attached hydrogen (secondary N) is 1. The number of amides is 1. The fraction of sp³-hybridized carbons (Fsp3) is 0.417. The van der Waals surface area contributed by atoms with Crippen LogP contribution in [0.5, 0.6) is 0 Å². The minimum Gasteiger partial charge on any atom is -0.398 e. The lowest BCUT2D eigenvalue weighted by Crippen LogP contribution is -2.56. The summed E-state index contributed by atoms with van der Waals surface area (Å²) in [5, 5.41) is 12.2. The number of anilines is 1. The highest BCUT2D eigenvalue weighted by atomic mass is 79.9. The van der Waals surface area contributed by atoms with Gasteiger partial charge in [0.05, 0.1) is 17.7 Å². The number of carbonyl (C=O) groups is 1. The first-order chi connectivity index (χ1) is 8.06. The van der Waals surface area contributed by atoms with Crippen LogP contribution in [0.2, 0.25) is 0 Å². The molecule has 0 spiro atoms. The van der Waals surface area contributed by atoms with Crippen molar-refractivity contribution in [3.8, 4) is 0 Å². The van der Waals surface area contributed by atoms with Crippen molar-refractivity contribution < 1.29 is 9.90 Å². The van der Waals surface area contributed by atoms with Crippen LogP contribution in [0.15, 0.2) is 22.7 Å². The van der Waals surface area contributed by atoms with Crippen LogP contribution in [0.1, 0.15) is 29.6 Å². The predicted molar refractivity (Wildman–Crippen MR) is 69.7 cm³/mol. The highest BCUT2D eigenvalue weighted by Gasteiger charge is 2.38. The molecule has 1 amide bonds. The Morgan fingerprint density at radius 1 is 1.53 bits per heavy atom. The summed E-state index contributed by atoms with van der Waals surface area (Å²) in [6, 6.07) is 5.16. The normalized spacial score (nSPS) is 17.3. The maximum atomic E-state index is 12.1. The van der Waals surface area contributed by atoms with E-state index in [0.717, 1.165) is 23.7 Å². The zero-order valence-corrected chi connectivity index (χ0v) is 11.0. The average Bonchev–Trinajstić information content (AvgIpc) is 2.26. The van der Waals surface area contributed by atoms with Crippen molar-refractivity contribution in [3.05, 3.63) is 28.2 Å². The van der Waals surface area contributed by atoms with E-state index in [1.54, 1.807) is 18.2 Å². The van der Waals surface area contributed by atoms with Gasteiger partial charge in [-0.3, -0.25) is 4.79 Å². The highest BCUT2D eigenvalue weighted by Crippen LogP contribution is 2.32. The third kappa shape index (κ3) is 2.45. The number of nitrogens with two attached hydrogens (primary N) is 1. The molecule has 1 aliphatic carbocycles. The molecule has 1 fully saturated rings. The van der Waals surface area contributed by atoms with Gasteiger partial charge in [-0.15, -0.1) is 0 Å². The van der Waals surface area contributed by atoms with Crippen LogP contribution in [-0.4, -0.2) is 23.2 Å². The molecule has 92 valence electrons. The number of benzene rings is 1. The van der Waals surface area contributed by atoms with E-state index in [1.165, 1.54) is 0 Å². The zero-order chi connectivity index (χ0) is 12.5. The van der Waals surface area contributed by atoms with Crippen molar-refractivity contribution in [1.29, 1.82) is 0 Å². The molecule has 4 nitrogen and oxygen atoms in total. The van der Waals surface area contributed by atoms with Gasteiger partial charge in [-0.05, 0) is 37.5 Å². The van der Waals surface area contributed by atoms with Gasteiger partial charge in [0.1, 0.15) is 0 Å². The summed E-state index contributed by atoms with van der Waals surface area (Å²) in [6.45, 7) is -0.0212. The molecule has 0 aliphatic heterocycles. The van der Waals surface area contributed by atoms with Gasteiger partial charge in [0.15, 0.2) is 0 Å². The molecule has 0 bridgehead atoms. The Morgan fingerprint density at radius 3 is 2.76 bits per heavy atom. The number of aliphatic hydroxyl groups excluding tert-OH is 1. The van der Waals surface area contributed by atoms with Crippen molar-refractivity contribution in [1.82, 2.24) is 5.32 Å². The molecule has 5 heteroatoms. The molecule has 1 aromatic rings. The van der Waals surface area contributed by atoms with Gasteiger partial charge in [-0.2, -0.15) is 0 Å². The quantitative estimate of drug-likeness (QED) is 0.743. The van der Waals surface area contributed by atoms with Crippen molar-refractivity contribution in [2.45, 2.75) is 24.8 Å². The predicted octanol–water partition coefficient (Wildman–Crippen LogP) is 1.68. The number of aliphatic hydroxyl groups is 1. The van der Waals surface area contributed by atoms with Gasteiger partial charge >= 0.3 is 0 Å². The van der Waals surface area contributed by atoms with Crippen molar-refractivity contribution >= 4 is 27.5 Å². The third-order valence-electron chi connectivity index (χ3n) is 3.25. The summed E-state index contributed by atoms with van der Waals surface area (Å²) >= 11 is 3.31. The van der Waals surface area contributed by atoms with E-state index < -0.39 is 5.54 Å². The Balaban J connectivity index is 2.17. The number of carbonyl (C=O) groups excluding carboxylic acids is 1. The molecule has 1 aliphatic rings. The molecule has 17 heavy (non-hydrogen) atoms. The van der Waals surface area contributed by atoms with Gasteiger partial charge in [0, 0.05) is 10.2 Å². The molecule has 2 rings (SSSR count). The van der Waals surface area contributed by atoms with Crippen LogP contribution in [0.3, 0.4) is 0 Å². The second kappa shape index (κ2) is 4.66. The molecule has 4 N–H and O–H groups in total. The summed E-state index contributed by atoms with van der Waals surface area (Å²) < 4.78 is 0.809. The number of hydrogen-bond donors (Lipinski definition) is 3. The second-order valence-corrected chi connectivity index (χ2v) is 5.39. The molecule has 0 aromatic heterocycles. The van der Waals surface area contributed by atoms with E-state index in [0.29, 0.717) is 11.3 Å². The van der Waals surface area contributed by atoms with Crippen LogP contribution >= 0.6 is 15.9 Å². The average molecular weight is 299 g/mol. The fourth-order valence-corrected chi connectivity index (χ4v) is 2.32. The standard InChI is InChI=1S/C12H15BrN2O2/c13-8-2-3-10(14)9(6-8)11(17)15-12(7-16)4-1-5-12/h2-3,6,16H,1,4-5,7,14H2,(H,15,17). The maximum absolute atomic E-state index is 12.1. The van der Waals surface area contributed by atoms with E-state index >= 15 is 0 Å². The largest absolute Gasteiger partial charge is 0.398 e. The van der Waals surface area contributed by atoms with E-state index in [2.05, 4.69) is 21.2 Å². The molecule has 0 saturated heterocycles. The van der Waals surface area contributed by atoms with Crippen LogP contribution < -0.4 is 11.1 Å². The summed E-state index contributed by atoms with van der Waals surface area (Å²) in [7, 11) is 0. The summed E-state index contributed by atoms with van der Waals surface area (Å²) in [5.41, 5.74) is 6.21. The maximum Gasteiger partial charge on any atom is 0.253 e. The van der Waals surface area contributed by atoms with Crippen LogP contribution in [-0.2, 0) is 0 Å². The van der Waals surface area contributed by atoms with Crippen molar-refractivity contribution in [2.75, 3.05) is 12.3 Å². The summed E-state index contributed by atoms with van der Waals surface area (Å²) in [6.07, 6.45) is 2.68. The SMILES string of the molecule is Nc1ccc(Br)cc1C(=O)NC1(CO)CCC1. The molecule has 0 radical (unpaired) electrons. The monoisotopic (exact) mass is 298 g/mol. The third-order valence-corrected chi connectivity index (χ3v) is 3.75. The zero-order valence-electron chi connectivity index (χ0n) is 9.37. The summed E-state index contributed by atoms with van der Waals surface area (Å²) in [5.74, 6) is -0.224. The van der Waals surface area contributed by atoms with E-state index in [4.69, 9.17) is 5.73 Å². The highest BCUT2D eigenvalue weighted by molar-refractivity contribution is 9.10. The van der Waals surface area contributed by atoms with Crippen molar-refractivity contribution in [2.24, 2.45) is 0 Å². The molecular formula is C12H15BrN2O2. The van der Waals surface area contributed by atoms with E-state index in [9.17, 15) is 9.90 Å². The van der Waals surface area contributed by atoms with Gasteiger partial charge < -0.3 is 16.2 Å². The topological polar surface area (TPSA) is 75.4 Å². The fourth-order valence-electron chi connectivity index (χ4n) is 1.96. The molecule has 1 saturated carbocycles. The molecule has 0 atom stereocenters. The second-order valence-electron chi connectivity index (χ2n) is 4.48. The van der Waals surface area contributed by atoms with Gasteiger partial charge in [0.2, 0.25) is 0 Å². The molecule has 0 unspecified atom stereocenters. The Kier molecular flexibility index (Phi) is 3.40. The smallest absolute Gasteiger partial charge is 0.253 e. The number of rotatable bonds is 3. The van der Waals surface area contributed by atoms with E-state index in [-0.39, 0.29) is 12.5 Å². The Hall–Kier alpha value is -1.07. The first-order valence-electron chi connectivity index (χ1n) is 5.55. The molecule has 1 aromatic carbocycles. The van der Waals surface area contributed by atoms with Gasteiger partial charge in [0.25, 0.3) is 5.91 Å². The van der Waals surface area contributed by atoms with E-state index in [1.807, 2.05) is 0 Å². The molecular weight excluding hydrogens is 284 g/mol. The lowest BCUT2D eigenvalue weighted by Gasteiger charge is -2.41. The van der Waals surface area contributed by atoms with Crippen LogP contribution in [0.4, 0.5) is 5.69 Å².